The third-order valence-electron chi connectivity index (χ3n) is 2.76. The van der Waals surface area contributed by atoms with E-state index >= 15 is 0 Å². The molecule has 90 valence electrons. The highest BCUT2D eigenvalue weighted by atomic mass is 15.1. The second-order valence-electron chi connectivity index (χ2n) is 4.29. The Labute approximate surface area is 98.9 Å². The van der Waals surface area contributed by atoms with Crippen molar-refractivity contribution in [1.82, 2.24) is 15.2 Å². The summed E-state index contributed by atoms with van der Waals surface area (Å²) in [5, 5.41) is 3.44. The molecule has 16 heavy (non-hydrogen) atoms. The summed E-state index contributed by atoms with van der Waals surface area (Å²) in [6.07, 6.45) is 3.04. The quantitative estimate of drug-likeness (QED) is 0.713. The van der Waals surface area contributed by atoms with Gasteiger partial charge in [-0.2, -0.15) is 0 Å². The van der Waals surface area contributed by atoms with Crippen LogP contribution in [0.1, 0.15) is 26.0 Å². The van der Waals surface area contributed by atoms with Gasteiger partial charge in [-0.1, -0.05) is 13.0 Å². The molecule has 0 amide bonds. The molecule has 0 aliphatic carbocycles. The van der Waals surface area contributed by atoms with Crippen molar-refractivity contribution < 1.29 is 0 Å². The molecule has 1 N–H and O–H groups in total. The van der Waals surface area contributed by atoms with Gasteiger partial charge in [0.25, 0.3) is 0 Å². The largest absolute Gasteiger partial charge is 0.315 e. The molecule has 0 saturated heterocycles. The predicted molar refractivity (Wildman–Crippen MR) is 68.3 cm³/mol. The number of pyridine rings is 1. The molecule has 0 aliphatic rings. The van der Waals surface area contributed by atoms with Gasteiger partial charge in [0, 0.05) is 25.3 Å². The summed E-state index contributed by atoms with van der Waals surface area (Å²) in [7, 11) is 2.15. The topological polar surface area (TPSA) is 28.2 Å². The molecule has 1 rings (SSSR count). The summed E-state index contributed by atoms with van der Waals surface area (Å²) < 4.78 is 0. The van der Waals surface area contributed by atoms with Gasteiger partial charge in [-0.05, 0) is 39.1 Å². The van der Waals surface area contributed by atoms with Gasteiger partial charge in [0.15, 0.2) is 0 Å². The van der Waals surface area contributed by atoms with Crippen LogP contribution < -0.4 is 5.32 Å². The van der Waals surface area contributed by atoms with Crippen LogP contribution in [0, 0.1) is 0 Å². The van der Waals surface area contributed by atoms with Gasteiger partial charge in [-0.3, -0.25) is 9.88 Å². The Morgan fingerprint density at radius 2 is 2.25 bits per heavy atom. The molecule has 0 radical (unpaired) electrons. The van der Waals surface area contributed by atoms with E-state index < -0.39 is 0 Å². The molecule has 3 nitrogen and oxygen atoms in total. The summed E-state index contributed by atoms with van der Waals surface area (Å²) in [4.78, 5) is 6.66. The SMILES string of the molecule is CCCNCC(C)N(C)Cc1ccccn1. The molecule has 0 fully saturated rings. The zero-order valence-corrected chi connectivity index (χ0v) is 10.6. The van der Waals surface area contributed by atoms with Gasteiger partial charge < -0.3 is 5.32 Å². The first-order chi connectivity index (χ1) is 7.74. The van der Waals surface area contributed by atoms with Gasteiger partial charge in [-0.25, -0.2) is 0 Å². The Morgan fingerprint density at radius 1 is 1.44 bits per heavy atom. The average molecular weight is 221 g/mol. The Bertz CT molecular complexity index is 274. The average Bonchev–Trinajstić information content (AvgIpc) is 2.30. The lowest BCUT2D eigenvalue weighted by atomic mass is 10.2. The van der Waals surface area contributed by atoms with Gasteiger partial charge in [0.2, 0.25) is 0 Å². The Kier molecular flexibility index (Phi) is 6.04. The molecule has 1 aromatic rings. The van der Waals surface area contributed by atoms with Crippen molar-refractivity contribution in [1.29, 1.82) is 0 Å². The minimum Gasteiger partial charge on any atom is -0.315 e. The van der Waals surface area contributed by atoms with Crippen molar-refractivity contribution in [3.8, 4) is 0 Å². The van der Waals surface area contributed by atoms with E-state index in [1.807, 2.05) is 18.3 Å². The van der Waals surface area contributed by atoms with Crippen LogP contribution >= 0.6 is 0 Å². The number of hydrogen-bond donors (Lipinski definition) is 1. The second kappa shape index (κ2) is 7.36. The summed E-state index contributed by atoms with van der Waals surface area (Å²) in [6.45, 7) is 7.48. The van der Waals surface area contributed by atoms with E-state index in [2.05, 4.69) is 42.2 Å². The summed E-state index contributed by atoms with van der Waals surface area (Å²) in [5.74, 6) is 0. The van der Waals surface area contributed by atoms with Crippen molar-refractivity contribution >= 4 is 0 Å². The van der Waals surface area contributed by atoms with Crippen LogP contribution in [0.2, 0.25) is 0 Å². The highest BCUT2D eigenvalue weighted by molar-refractivity contribution is 5.03. The molecular formula is C13H23N3. The van der Waals surface area contributed by atoms with E-state index in [9.17, 15) is 0 Å². The second-order valence-corrected chi connectivity index (χ2v) is 4.29. The lowest BCUT2D eigenvalue weighted by Gasteiger charge is -2.24. The predicted octanol–water partition coefficient (Wildman–Crippen LogP) is 1.90. The van der Waals surface area contributed by atoms with Crippen LogP contribution in [0.25, 0.3) is 0 Å². The molecular weight excluding hydrogens is 198 g/mol. The first kappa shape index (κ1) is 13.1. The molecule has 1 aromatic heterocycles. The molecule has 1 heterocycles. The Balaban J connectivity index is 2.31. The van der Waals surface area contributed by atoms with Crippen molar-refractivity contribution in [2.45, 2.75) is 32.9 Å². The molecule has 0 saturated carbocycles. The molecule has 1 atom stereocenters. The minimum atomic E-state index is 0.536. The van der Waals surface area contributed by atoms with E-state index in [4.69, 9.17) is 0 Å². The Morgan fingerprint density at radius 3 is 2.88 bits per heavy atom. The van der Waals surface area contributed by atoms with Crippen LogP contribution in [-0.2, 0) is 6.54 Å². The van der Waals surface area contributed by atoms with E-state index in [0.717, 1.165) is 25.3 Å². The van der Waals surface area contributed by atoms with Gasteiger partial charge in [0.1, 0.15) is 0 Å². The maximum Gasteiger partial charge on any atom is 0.0543 e. The number of nitrogens with zero attached hydrogens (tertiary/aromatic N) is 2. The summed E-state index contributed by atoms with van der Waals surface area (Å²) in [6, 6.07) is 6.60. The number of aromatic nitrogens is 1. The van der Waals surface area contributed by atoms with Crippen LogP contribution in [0.4, 0.5) is 0 Å². The zero-order chi connectivity index (χ0) is 11.8. The van der Waals surface area contributed by atoms with E-state index in [-0.39, 0.29) is 0 Å². The normalized spacial score (nSPS) is 13.0. The summed E-state index contributed by atoms with van der Waals surface area (Å²) >= 11 is 0. The van der Waals surface area contributed by atoms with Crippen LogP contribution in [-0.4, -0.2) is 36.1 Å². The first-order valence-corrected chi connectivity index (χ1v) is 6.05. The van der Waals surface area contributed by atoms with Crippen LogP contribution in [0.3, 0.4) is 0 Å². The van der Waals surface area contributed by atoms with Crippen molar-refractivity contribution in [3.05, 3.63) is 30.1 Å². The molecule has 3 heteroatoms. The van der Waals surface area contributed by atoms with Crippen LogP contribution in [0.15, 0.2) is 24.4 Å². The Hall–Kier alpha value is -0.930. The van der Waals surface area contributed by atoms with Gasteiger partial charge in [-0.15, -0.1) is 0 Å². The van der Waals surface area contributed by atoms with Gasteiger partial charge in [0.05, 0.1) is 5.69 Å². The molecule has 1 unspecified atom stereocenters. The van der Waals surface area contributed by atoms with E-state index in [1.54, 1.807) is 0 Å². The maximum absolute atomic E-state index is 4.34. The van der Waals surface area contributed by atoms with Crippen LogP contribution in [0.5, 0.6) is 0 Å². The van der Waals surface area contributed by atoms with Gasteiger partial charge >= 0.3 is 0 Å². The standard InChI is InChI=1S/C13H23N3/c1-4-8-14-10-12(2)16(3)11-13-7-5-6-9-15-13/h5-7,9,12,14H,4,8,10-11H2,1-3H3. The monoisotopic (exact) mass is 221 g/mol. The molecule has 0 aromatic carbocycles. The maximum atomic E-state index is 4.34. The van der Waals surface area contributed by atoms with E-state index in [0.29, 0.717) is 6.04 Å². The number of rotatable bonds is 7. The number of nitrogens with one attached hydrogen (secondary N) is 1. The van der Waals surface area contributed by atoms with Crippen molar-refractivity contribution in [3.63, 3.8) is 0 Å². The van der Waals surface area contributed by atoms with E-state index in [1.165, 1.54) is 6.42 Å². The summed E-state index contributed by atoms with van der Waals surface area (Å²) in [5.41, 5.74) is 1.13. The lowest BCUT2D eigenvalue weighted by Crippen LogP contribution is -2.37. The minimum absolute atomic E-state index is 0.536. The zero-order valence-electron chi connectivity index (χ0n) is 10.6. The molecule has 0 bridgehead atoms. The lowest BCUT2D eigenvalue weighted by molar-refractivity contribution is 0.240. The fraction of sp³-hybridized carbons (Fsp3) is 0.615. The fourth-order valence-corrected chi connectivity index (χ4v) is 1.55. The van der Waals surface area contributed by atoms with Crippen molar-refractivity contribution in [2.24, 2.45) is 0 Å². The molecule has 0 spiro atoms. The fourth-order valence-electron chi connectivity index (χ4n) is 1.55. The third kappa shape index (κ3) is 4.73. The highest BCUT2D eigenvalue weighted by Crippen LogP contribution is 2.02. The number of likely N-dealkylation sites (N-methyl/N-ethyl adjacent to an activating group) is 1. The smallest absolute Gasteiger partial charge is 0.0543 e. The van der Waals surface area contributed by atoms with Crippen molar-refractivity contribution in [2.75, 3.05) is 20.1 Å². The third-order valence-corrected chi connectivity index (χ3v) is 2.76. The first-order valence-electron chi connectivity index (χ1n) is 6.05. The molecule has 0 aliphatic heterocycles. The number of hydrogen-bond acceptors (Lipinski definition) is 3. The highest BCUT2D eigenvalue weighted by Gasteiger charge is 2.09.